The van der Waals surface area contributed by atoms with Crippen LogP contribution >= 0.6 is 11.3 Å². The molecule has 3 heterocycles. The second kappa shape index (κ2) is 8.38. The first-order chi connectivity index (χ1) is 18.3. The molecule has 2 atom stereocenters. The van der Waals surface area contributed by atoms with Gasteiger partial charge in [-0.2, -0.15) is 4.68 Å². The van der Waals surface area contributed by atoms with Gasteiger partial charge in [-0.05, 0) is 23.8 Å². The molecule has 0 radical (unpaired) electrons. The molecule has 1 saturated heterocycles. The average molecular weight is 527 g/mol. The third-order valence-corrected chi connectivity index (χ3v) is 8.14. The van der Waals surface area contributed by atoms with Crippen molar-refractivity contribution in [2.24, 2.45) is 4.99 Å². The number of thiazole rings is 1. The Balaban J connectivity index is 1.65. The van der Waals surface area contributed by atoms with Crippen molar-refractivity contribution < 1.29 is 9.72 Å². The van der Waals surface area contributed by atoms with Crippen LogP contribution in [-0.4, -0.2) is 39.5 Å². The lowest BCUT2D eigenvalue weighted by Crippen LogP contribution is -2.67. The lowest BCUT2D eigenvalue weighted by Gasteiger charge is -2.49. The monoisotopic (exact) mass is 526 g/mol. The predicted octanol–water partition coefficient (Wildman–Crippen LogP) is 2.53. The van der Waals surface area contributed by atoms with Crippen LogP contribution in [0.2, 0.25) is 0 Å². The summed E-state index contributed by atoms with van der Waals surface area (Å²) in [6.07, 6.45) is 1.68. The Morgan fingerprint density at radius 3 is 2.11 bits per heavy atom. The third-order valence-electron chi connectivity index (χ3n) is 7.17. The van der Waals surface area contributed by atoms with E-state index in [1.54, 1.807) is 42.1 Å². The smallest absolute Gasteiger partial charge is 0.295 e. The van der Waals surface area contributed by atoms with E-state index in [0.29, 0.717) is 14.9 Å². The molecule has 2 aliphatic rings. The second-order valence-corrected chi connectivity index (χ2v) is 10.1. The molecule has 0 aliphatic carbocycles. The highest BCUT2D eigenvalue weighted by Crippen LogP contribution is 2.53. The van der Waals surface area contributed by atoms with Gasteiger partial charge >= 0.3 is 6.03 Å². The van der Waals surface area contributed by atoms with E-state index in [2.05, 4.69) is 5.43 Å². The molecule has 190 valence electrons. The Bertz CT molecular complexity index is 1750. The minimum atomic E-state index is -1.25. The van der Waals surface area contributed by atoms with Crippen LogP contribution in [-0.2, 0) is 11.3 Å². The highest BCUT2D eigenvalue weighted by molar-refractivity contribution is 7.07. The van der Waals surface area contributed by atoms with Gasteiger partial charge in [-0.3, -0.25) is 30.1 Å². The number of rotatable bonds is 4. The van der Waals surface area contributed by atoms with Gasteiger partial charge in [0.25, 0.3) is 11.2 Å². The number of fused-ring (bicyclic) bond motifs is 2. The lowest BCUT2D eigenvalue weighted by atomic mass is 9.80. The molecule has 2 amide bonds. The van der Waals surface area contributed by atoms with Gasteiger partial charge in [0.1, 0.15) is 0 Å². The van der Waals surface area contributed by atoms with Gasteiger partial charge in [-0.15, -0.1) is 0 Å². The molecule has 0 saturated carbocycles. The quantitative estimate of drug-likeness (QED) is 0.324. The number of likely N-dealkylation sites (N-methyl/N-ethyl adjacent to an activating group) is 2. The summed E-state index contributed by atoms with van der Waals surface area (Å²) in [6, 6.07) is 24.8. The number of hydrogen-bond donors (Lipinski definition) is 1. The third kappa shape index (κ3) is 3.08. The number of nitro groups is 1. The van der Waals surface area contributed by atoms with Crippen LogP contribution in [0.3, 0.4) is 0 Å². The maximum absolute atomic E-state index is 13.7. The number of nitrogens with one attached hydrogen (secondary N) is 1. The highest BCUT2D eigenvalue weighted by atomic mass is 32.1. The van der Waals surface area contributed by atoms with Gasteiger partial charge in [-0.1, -0.05) is 72.0 Å². The first kappa shape index (κ1) is 23.6. The van der Waals surface area contributed by atoms with Crippen molar-refractivity contribution >= 4 is 29.1 Å². The minimum Gasteiger partial charge on any atom is -0.295 e. The van der Waals surface area contributed by atoms with Crippen molar-refractivity contribution in [2.75, 3.05) is 19.5 Å². The number of non-ortho nitro benzene ring substituents is 1. The molecule has 3 aromatic carbocycles. The normalized spacial score (nSPS) is 22.5. The van der Waals surface area contributed by atoms with Crippen LogP contribution < -0.4 is 20.3 Å². The van der Waals surface area contributed by atoms with E-state index < -0.39 is 16.2 Å². The lowest BCUT2D eigenvalue weighted by molar-refractivity contribution is -0.384. The summed E-state index contributed by atoms with van der Waals surface area (Å²) in [7, 11) is 3.42. The van der Waals surface area contributed by atoms with Gasteiger partial charge in [0.05, 0.1) is 9.46 Å². The molecule has 0 bridgehead atoms. The Morgan fingerprint density at radius 1 is 0.895 bits per heavy atom. The van der Waals surface area contributed by atoms with Crippen molar-refractivity contribution in [3.63, 3.8) is 0 Å². The average Bonchev–Trinajstić information content (AvgIpc) is 3.33. The Labute approximate surface area is 220 Å². The maximum atomic E-state index is 13.7. The summed E-state index contributed by atoms with van der Waals surface area (Å²) in [6.45, 7) is 0. The number of benzene rings is 3. The molecular formula is C27H22N6O4S. The predicted molar refractivity (Wildman–Crippen MR) is 143 cm³/mol. The number of nitrogens with zero attached hydrogens (tertiary/aromatic N) is 5. The molecule has 1 aromatic heterocycles. The second-order valence-electron chi connectivity index (χ2n) is 9.12. The van der Waals surface area contributed by atoms with Gasteiger partial charge in [0.15, 0.2) is 0 Å². The molecule has 1 fully saturated rings. The number of amides is 2. The van der Waals surface area contributed by atoms with Gasteiger partial charge in [-0.25, -0.2) is 9.79 Å². The van der Waals surface area contributed by atoms with Crippen molar-refractivity contribution in [3.8, 4) is 0 Å². The Hall–Kier alpha value is -4.77. The zero-order valence-electron chi connectivity index (χ0n) is 20.4. The first-order valence-corrected chi connectivity index (χ1v) is 12.6. The summed E-state index contributed by atoms with van der Waals surface area (Å²) >= 11 is 1.18. The zero-order chi connectivity index (χ0) is 26.7. The van der Waals surface area contributed by atoms with Gasteiger partial charge in [0, 0.05) is 37.4 Å². The van der Waals surface area contributed by atoms with Crippen molar-refractivity contribution in [3.05, 3.63) is 131 Å². The summed E-state index contributed by atoms with van der Waals surface area (Å²) in [5, 5.41) is 11.0. The van der Waals surface area contributed by atoms with E-state index >= 15 is 0 Å². The maximum Gasteiger partial charge on any atom is 0.324 e. The highest BCUT2D eigenvalue weighted by Gasteiger charge is 2.69. The standard InChI is InChI=1S/C27H22N6O4S/c1-30-25(35)31(2)27(20-11-7-4-8-12-20)26(30,19-9-5-3-6-10-19)28-24-32(29-27)23(34)22(38-24)17-18-13-15-21(16-14-18)33(36)37/h3-17,29H,1-2H3/b22-17+/t26-,27+/m0/s1. The van der Waals surface area contributed by atoms with Crippen LogP contribution in [0.4, 0.5) is 10.5 Å². The summed E-state index contributed by atoms with van der Waals surface area (Å²) in [5.74, 6) is 0. The molecular weight excluding hydrogens is 504 g/mol. The fourth-order valence-corrected chi connectivity index (χ4v) is 6.33. The van der Waals surface area contributed by atoms with Crippen molar-refractivity contribution in [1.82, 2.24) is 14.5 Å². The largest absolute Gasteiger partial charge is 0.324 e. The van der Waals surface area contributed by atoms with E-state index in [4.69, 9.17) is 4.99 Å². The van der Waals surface area contributed by atoms with Crippen molar-refractivity contribution in [2.45, 2.75) is 11.3 Å². The van der Waals surface area contributed by atoms with E-state index in [-0.39, 0.29) is 17.3 Å². The number of aromatic nitrogens is 1. The molecule has 4 aromatic rings. The number of urea groups is 1. The van der Waals surface area contributed by atoms with Crippen LogP contribution in [0.5, 0.6) is 0 Å². The molecule has 11 heteroatoms. The van der Waals surface area contributed by atoms with E-state index in [0.717, 1.165) is 11.1 Å². The fourth-order valence-electron chi connectivity index (χ4n) is 5.36. The van der Waals surface area contributed by atoms with Crippen LogP contribution in [0, 0.1) is 10.1 Å². The van der Waals surface area contributed by atoms with Gasteiger partial charge in [0.2, 0.25) is 16.1 Å². The fraction of sp³-hybridized carbons (Fsp3) is 0.148. The molecule has 38 heavy (non-hydrogen) atoms. The van der Waals surface area contributed by atoms with E-state index in [9.17, 15) is 19.7 Å². The van der Waals surface area contributed by atoms with Crippen LogP contribution in [0.25, 0.3) is 6.08 Å². The van der Waals surface area contributed by atoms with E-state index in [1.165, 1.54) is 28.1 Å². The Morgan fingerprint density at radius 2 is 1.50 bits per heavy atom. The SMILES string of the molecule is CN1C(=O)N(C)[C@]2(c3ccccc3)N=c3s/c(=C/c4ccc([N+](=O)[O-])cc4)c(=O)n3N[C@]12c1ccccc1. The molecule has 2 aliphatic heterocycles. The topological polar surface area (TPSA) is 113 Å². The van der Waals surface area contributed by atoms with E-state index in [1.807, 2.05) is 60.7 Å². The van der Waals surface area contributed by atoms with Crippen LogP contribution in [0.1, 0.15) is 16.7 Å². The van der Waals surface area contributed by atoms with Crippen LogP contribution in [0.15, 0.2) is 94.7 Å². The molecule has 6 rings (SSSR count). The zero-order valence-corrected chi connectivity index (χ0v) is 21.3. The number of carbonyl (C=O) groups is 1. The molecule has 10 nitrogen and oxygen atoms in total. The molecule has 0 unspecified atom stereocenters. The Kier molecular flexibility index (Phi) is 5.21. The first-order valence-electron chi connectivity index (χ1n) is 11.8. The van der Waals surface area contributed by atoms with Gasteiger partial charge < -0.3 is 0 Å². The molecule has 0 spiro atoms. The minimum absolute atomic E-state index is 0.0285. The summed E-state index contributed by atoms with van der Waals surface area (Å²) < 4.78 is 1.78. The summed E-state index contributed by atoms with van der Waals surface area (Å²) in [4.78, 5) is 46.6. The summed E-state index contributed by atoms with van der Waals surface area (Å²) in [5.41, 5.74) is 2.76. The molecule has 1 N–H and O–H groups in total. The number of nitro benzene ring substituents is 1. The number of hydrogen-bond acceptors (Lipinski definition) is 7. The van der Waals surface area contributed by atoms with Crippen molar-refractivity contribution in [1.29, 1.82) is 0 Å². The number of carbonyl (C=O) groups excluding carboxylic acids is 1.